The maximum atomic E-state index is 5.95. The molecule has 0 heterocycles. The SMILES string of the molecule is CSCCN(C)C(CN)c1ccc(C(C)(C)C)cc1. The van der Waals surface area contributed by atoms with E-state index in [0.717, 1.165) is 12.3 Å². The first-order valence-electron chi connectivity index (χ1n) is 6.90. The predicted octanol–water partition coefficient (Wildman–Crippen LogP) is 3.28. The topological polar surface area (TPSA) is 29.3 Å². The van der Waals surface area contributed by atoms with Crippen LogP contribution in [-0.4, -0.2) is 37.0 Å². The number of thioether (sulfide) groups is 1. The Morgan fingerprint density at radius 1 is 1.21 bits per heavy atom. The molecule has 0 bridgehead atoms. The average Bonchev–Trinajstić information content (AvgIpc) is 2.37. The Balaban J connectivity index is 2.82. The van der Waals surface area contributed by atoms with Crippen molar-refractivity contribution in [2.45, 2.75) is 32.2 Å². The van der Waals surface area contributed by atoms with Crippen molar-refractivity contribution in [3.05, 3.63) is 35.4 Å². The first-order chi connectivity index (χ1) is 8.90. The zero-order valence-electron chi connectivity index (χ0n) is 12.9. The van der Waals surface area contributed by atoms with Gasteiger partial charge in [0.15, 0.2) is 0 Å². The molecule has 1 aromatic rings. The number of hydrogen-bond acceptors (Lipinski definition) is 3. The van der Waals surface area contributed by atoms with Gasteiger partial charge in [0, 0.05) is 24.9 Å². The van der Waals surface area contributed by atoms with Crippen LogP contribution in [0.4, 0.5) is 0 Å². The Kier molecular flexibility index (Phi) is 6.37. The van der Waals surface area contributed by atoms with Crippen molar-refractivity contribution in [1.82, 2.24) is 4.90 Å². The normalized spacial score (nSPS) is 13.8. The Hall–Kier alpha value is -0.510. The Morgan fingerprint density at radius 2 is 1.79 bits per heavy atom. The van der Waals surface area contributed by atoms with Crippen LogP contribution in [0.15, 0.2) is 24.3 Å². The van der Waals surface area contributed by atoms with E-state index in [1.165, 1.54) is 11.1 Å². The number of likely N-dealkylation sites (N-methyl/N-ethyl adjacent to an activating group) is 1. The van der Waals surface area contributed by atoms with E-state index in [4.69, 9.17) is 5.73 Å². The smallest absolute Gasteiger partial charge is 0.0467 e. The number of benzene rings is 1. The van der Waals surface area contributed by atoms with E-state index in [1.807, 2.05) is 11.8 Å². The lowest BCUT2D eigenvalue weighted by molar-refractivity contribution is 0.265. The summed E-state index contributed by atoms with van der Waals surface area (Å²) in [6.07, 6.45) is 2.14. The first kappa shape index (κ1) is 16.5. The quantitative estimate of drug-likeness (QED) is 0.867. The average molecular weight is 280 g/mol. The standard InChI is InChI=1S/C16H28N2S/c1-16(2,3)14-8-6-13(7-9-14)15(12-17)18(4)10-11-19-5/h6-9,15H,10-12,17H2,1-5H3. The summed E-state index contributed by atoms with van der Waals surface area (Å²) in [6.45, 7) is 8.47. The highest BCUT2D eigenvalue weighted by Crippen LogP contribution is 2.25. The lowest BCUT2D eigenvalue weighted by Crippen LogP contribution is -2.32. The van der Waals surface area contributed by atoms with Gasteiger partial charge in [0.1, 0.15) is 0 Å². The minimum Gasteiger partial charge on any atom is -0.329 e. The lowest BCUT2D eigenvalue weighted by atomic mass is 9.86. The summed E-state index contributed by atoms with van der Waals surface area (Å²) in [6, 6.07) is 9.25. The molecule has 1 aromatic carbocycles. The van der Waals surface area contributed by atoms with E-state index in [-0.39, 0.29) is 5.41 Å². The van der Waals surface area contributed by atoms with Gasteiger partial charge in [0.2, 0.25) is 0 Å². The summed E-state index contributed by atoms with van der Waals surface area (Å²) in [5.74, 6) is 1.15. The van der Waals surface area contributed by atoms with Gasteiger partial charge in [-0.25, -0.2) is 0 Å². The minimum absolute atomic E-state index is 0.210. The fourth-order valence-electron chi connectivity index (χ4n) is 2.17. The first-order valence-corrected chi connectivity index (χ1v) is 8.29. The van der Waals surface area contributed by atoms with Gasteiger partial charge in [-0.15, -0.1) is 0 Å². The molecule has 0 saturated heterocycles. The lowest BCUT2D eigenvalue weighted by Gasteiger charge is -2.28. The molecular formula is C16H28N2S. The zero-order valence-corrected chi connectivity index (χ0v) is 13.8. The fourth-order valence-corrected chi connectivity index (χ4v) is 2.64. The molecule has 3 heteroatoms. The van der Waals surface area contributed by atoms with E-state index in [1.54, 1.807) is 0 Å². The molecule has 108 valence electrons. The summed E-state index contributed by atoms with van der Waals surface area (Å²) in [7, 11) is 2.16. The second kappa shape index (κ2) is 7.32. The monoisotopic (exact) mass is 280 g/mol. The van der Waals surface area contributed by atoms with Crippen molar-refractivity contribution < 1.29 is 0 Å². The van der Waals surface area contributed by atoms with Gasteiger partial charge in [-0.2, -0.15) is 11.8 Å². The molecule has 2 nitrogen and oxygen atoms in total. The molecule has 0 spiro atoms. The molecule has 1 unspecified atom stereocenters. The van der Waals surface area contributed by atoms with E-state index >= 15 is 0 Å². The summed E-state index contributed by atoms with van der Waals surface area (Å²) in [5.41, 5.74) is 8.86. The molecule has 0 amide bonds. The molecule has 0 aliphatic heterocycles. The number of hydrogen-bond donors (Lipinski definition) is 1. The molecule has 0 aromatic heterocycles. The molecule has 0 aliphatic rings. The molecule has 0 saturated carbocycles. The molecule has 0 fully saturated rings. The summed E-state index contributed by atoms with van der Waals surface area (Å²) in [4.78, 5) is 2.35. The van der Waals surface area contributed by atoms with Crippen LogP contribution in [0, 0.1) is 0 Å². The van der Waals surface area contributed by atoms with Gasteiger partial charge in [-0.3, -0.25) is 4.90 Å². The minimum atomic E-state index is 0.210. The van der Waals surface area contributed by atoms with Crippen molar-refractivity contribution in [3.63, 3.8) is 0 Å². The third-order valence-corrected chi connectivity index (χ3v) is 4.16. The van der Waals surface area contributed by atoms with Crippen molar-refractivity contribution in [2.24, 2.45) is 5.73 Å². The van der Waals surface area contributed by atoms with Gasteiger partial charge in [0.25, 0.3) is 0 Å². The third kappa shape index (κ3) is 4.83. The highest BCUT2D eigenvalue weighted by Gasteiger charge is 2.17. The van der Waals surface area contributed by atoms with Crippen LogP contribution in [0.2, 0.25) is 0 Å². The zero-order chi connectivity index (χ0) is 14.5. The fraction of sp³-hybridized carbons (Fsp3) is 0.625. The van der Waals surface area contributed by atoms with E-state index in [9.17, 15) is 0 Å². The second-order valence-corrected chi connectivity index (χ2v) is 7.08. The molecule has 1 atom stereocenters. The number of nitrogens with zero attached hydrogens (tertiary/aromatic N) is 1. The van der Waals surface area contributed by atoms with Crippen LogP contribution in [0.1, 0.15) is 37.9 Å². The van der Waals surface area contributed by atoms with Crippen LogP contribution in [0.5, 0.6) is 0 Å². The van der Waals surface area contributed by atoms with Crippen LogP contribution in [-0.2, 0) is 5.41 Å². The molecule has 19 heavy (non-hydrogen) atoms. The number of nitrogens with two attached hydrogens (primary N) is 1. The Labute approximate surface area is 122 Å². The van der Waals surface area contributed by atoms with Crippen molar-refractivity contribution in [3.8, 4) is 0 Å². The van der Waals surface area contributed by atoms with E-state index in [0.29, 0.717) is 12.6 Å². The van der Waals surface area contributed by atoms with Crippen LogP contribution < -0.4 is 5.73 Å². The predicted molar refractivity (Wildman–Crippen MR) is 87.9 cm³/mol. The summed E-state index contributed by atoms with van der Waals surface area (Å²) < 4.78 is 0. The van der Waals surface area contributed by atoms with Crippen LogP contribution in [0.3, 0.4) is 0 Å². The molecule has 2 N–H and O–H groups in total. The van der Waals surface area contributed by atoms with E-state index < -0.39 is 0 Å². The van der Waals surface area contributed by atoms with Crippen molar-refractivity contribution in [2.75, 3.05) is 32.1 Å². The molecule has 0 radical (unpaired) electrons. The highest BCUT2D eigenvalue weighted by atomic mass is 32.2. The molecule has 1 rings (SSSR count). The van der Waals surface area contributed by atoms with Gasteiger partial charge >= 0.3 is 0 Å². The maximum Gasteiger partial charge on any atom is 0.0467 e. The van der Waals surface area contributed by atoms with Gasteiger partial charge < -0.3 is 5.73 Å². The van der Waals surface area contributed by atoms with Gasteiger partial charge in [-0.1, -0.05) is 45.0 Å². The summed E-state index contributed by atoms with van der Waals surface area (Å²) in [5, 5.41) is 0. The Bertz CT molecular complexity index is 367. The largest absolute Gasteiger partial charge is 0.329 e. The second-order valence-electron chi connectivity index (χ2n) is 6.10. The van der Waals surface area contributed by atoms with Crippen LogP contribution >= 0.6 is 11.8 Å². The van der Waals surface area contributed by atoms with Crippen molar-refractivity contribution >= 4 is 11.8 Å². The summed E-state index contributed by atoms with van der Waals surface area (Å²) >= 11 is 1.88. The maximum absolute atomic E-state index is 5.95. The number of rotatable bonds is 6. The van der Waals surface area contributed by atoms with Gasteiger partial charge in [0.05, 0.1) is 0 Å². The highest BCUT2D eigenvalue weighted by molar-refractivity contribution is 7.98. The third-order valence-electron chi connectivity index (χ3n) is 3.56. The molecule has 0 aliphatic carbocycles. The molecular weight excluding hydrogens is 252 g/mol. The van der Waals surface area contributed by atoms with Gasteiger partial charge in [-0.05, 0) is 29.8 Å². The van der Waals surface area contributed by atoms with Crippen LogP contribution in [0.25, 0.3) is 0 Å². The Morgan fingerprint density at radius 3 is 2.21 bits per heavy atom. The van der Waals surface area contributed by atoms with Crippen molar-refractivity contribution in [1.29, 1.82) is 0 Å². The van der Waals surface area contributed by atoms with E-state index in [2.05, 4.69) is 63.2 Å².